The Balaban J connectivity index is 1.35. The van der Waals surface area contributed by atoms with Crippen LogP contribution in [0.3, 0.4) is 0 Å². The molecule has 1 aromatic carbocycles. The van der Waals surface area contributed by atoms with Crippen molar-refractivity contribution in [2.24, 2.45) is 0 Å². The average Bonchev–Trinajstić information content (AvgIpc) is 3.54. The third-order valence-electron chi connectivity index (χ3n) is 4.82. The fourth-order valence-electron chi connectivity index (χ4n) is 3.27. The Labute approximate surface area is 193 Å². The predicted molar refractivity (Wildman–Crippen MR) is 128 cm³/mol. The number of nitrogens with zero attached hydrogens (tertiary/aromatic N) is 3. The first-order valence-electron chi connectivity index (χ1n) is 9.86. The fraction of sp³-hybridized carbons (Fsp3) is 0.190. The number of aromatic nitrogens is 3. The average molecular weight is 483 g/mol. The van der Waals surface area contributed by atoms with Gasteiger partial charge in [0.25, 0.3) is 10.0 Å². The van der Waals surface area contributed by atoms with Crippen LogP contribution in [0.25, 0.3) is 10.2 Å². The van der Waals surface area contributed by atoms with Crippen molar-refractivity contribution in [3.8, 4) is 11.8 Å². The van der Waals surface area contributed by atoms with Gasteiger partial charge in [-0.1, -0.05) is 11.8 Å². The van der Waals surface area contributed by atoms with Gasteiger partial charge in [-0.15, -0.1) is 22.7 Å². The molecule has 5 rings (SSSR count). The van der Waals surface area contributed by atoms with Crippen molar-refractivity contribution < 1.29 is 8.42 Å². The quantitative estimate of drug-likeness (QED) is 0.371. The Hall–Kier alpha value is -3.04. The van der Waals surface area contributed by atoms with Crippen molar-refractivity contribution in [1.82, 2.24) is 20.3 Å². The highest BCUT2D eigenvalue weighted by Gasteiger charge is 2.16. The fourth-order valence-corrected chi connectivity index (χ4v) is 5.98. The number of thiazole rings is 1. The highest BCUT2D eigenvalue weighted by Crippen LogP contribution is 2.31. The van der Waals surface area contributed by atoms with Crippen molar-refractivity contribution in [2.75, 3.05) is 16.6 Å². The standard InChI is InChI=1S/C21H18N6O2S3/c28-32(29,27-21-23-10-11-30-21)17-7-4-15(5-8-17)26-20-19-18(24-13-25-20)12-16(31-19)6-3-14-2-1-9-22-14/h4-5,7-8,10-14,22H,1-2,9H2,(H,23,27)(H,24,25,26). The van der Waals surface area contributed by atoms with Crippen molar-refractivity contribution >= 4 is 59.6 Å². The number of anilines is 3. The lowest BCUT2D eigenvalue weighted by atomic mass is 10.2. The molecule has 1 atom stereocenters. The summed E-state index contributed by atoms with van der Waals surface area (Å²) >= 11 is 2.76. The summed E-state index contributed by atoms with van der Waals surface area (Å²) in [4.78, 5) is 13.8. The van der Waals surface area contributed by atoms with Gasteiger partial charge in [-0.2, -0.15) is 0 Å². The summed E-state index contributed by atoms with van der Waals surface area (Å²) in [7, 11) is -3.69. The second kappa shape index (κ2) is 8.84. The van der Waals surface area contributed by atoms with Crippen LogP contribution in [-0.2, 0) is 10.0 Å². The van der Waals surface area contributed by atoms with Gasteiger partial charge in [0.2, 0.25) is 0 Å². The van der Waals surface area contributed by atoms with E-state index >= 15 is 0 Å². The molecule has 1 saturated heterocycles. The zero-order valence-electron chi connectivity index (χ0n) is 16.7. The SMILES string of the molecule is O=S(=O)(Nc1nccs1)c1ccc(Nc2ncnc3cc(C#CC4CCCN4)sc23)cc1. The van der Waals surface area contributed by atoms with E-state index in [1.807, 2.05) is 6.07 Å². The third kappa shape index (κ3) is 4.58. The molecule has 1 unspecified atom stereocenters. The van der Waals surface area contributed by atoms with E-state index in [4.69, 9.17) is 0 Å². The summed E-state index contributed by atoms with van der Waals surface area (Å²) in [6.45, 7) is 1.02. The van der Waals surface area contributed by atoms with Crippen molar-refractivity contribution in [2.45, 2.75) is 23.8 Å². The lowest BCUT2D eigenvalue weighted by molar-refractivity contribution is 0.601. The smallest absolute Gasteiger partial charge is 0.263 e. The molecule has 0 saturated carbocycles. The molecule has 4 heterocycles. The molecule has 162 valence electrons. The number of sulfonamides is 1. The van der Waals surface area contributed by atoms with Gasteiger partial charge in [0.05, 0.1) is 26.0 Å². The molecule has 0 bridgehead atoms. The molecule has 1 fully saturated rings. The maximum absolute atomic E-state index is 12.5. The minimum atomic E-state index is -3.69. The number of fused-ring (bicyclic) bond motifs is 1. The third-order valence-corrected chi connectivity index (χ3v) is 8.04. The predicted octanol–water partition coefficient (Wildman–Crippen LogP) is 3.80. The van der Waals surface area contributed by atoms with Gasteiger partial charge in [0.1, 0.15) is 6.33 Å². The second-order valence-electron chi connectivity index (χ2n) is 7.06. The summed E-state index contributed by atoms with van der Waals surface area (Å²) in [5, 5.41) is 8.67. The molecule has 1 aliphatic rings. The first-order valence-corrected chi connectivity index (χ1v) is 13.0. The second-order valence-corrected chi connectivity index (χ2v) is 10.7. The number of benzene rings is 1. The topological polar surface area (TPSA) is 109 Å². The maximum Gasteiger partial charge on any atom is 0.263 e. The summed E-state index contributed by atoms with van der Waals surface area (Å²) in [6, 6.07) is 8.69. The molecule has 32 heavy (non-hydrogen) atoms. The van der Waals surface area contributed by atoms with E-state index in [0.29, 0.717) is 10.9 Å². The Morgan fingerprint density at radius 2 is 2.03 bits per heavy atom. The minimum Gasteiger partial charge on any atom is -0.339 e. The van der Waals surface area contributed by atoms with Crippen LogP contribution >= 0.6 is 22.7 Å². The van der Waals surface area contributed by atoms with Gasteiger partial charge in [-0.3, -0.25) is 4.72 Å². The molecule has 3 aromatic heterocycles. The monoisotopic (exact) mass is 482 g/mol. The van der Waals surface area contributed by atoms with E-state index in [1.54, 1.807) is 23.7 Å². The Bertz CT molecular complexity index is 1400. The van der Waals surface area contributed by atoms with Crippen LogP contribution < -0.4 is 15.4 Å². The van der Waals surface area contributed by atoms with Crippen LogP contribution in [-0.4, -0.2) is 36.0 Å². The number of hydrogen-bond acceptors (Lipinski definition) is 9. The normalized spacial score (nSPS) is 15.9. The lowest BCUT2D eigenvalue weighted by Crippen LogP contribution is -2.18. The largest absolute Gasteiger partial charge is 0.339 e. The van der Waals surface area contributed by atoms with E-state index in [2.05, 4.69) is 42.1 Å². The highest BCUT2D eigenvalue weighted by atomic mass is 32.2. The van der Waals surface area contributed by atoms with E-state index in [0.717, 1.165) is 40.2 Å². The van der Waals surface area contributed by atoms with E-state index in [1.165, 1.54) is 41.1 Å². The number of thiophene rings is 1. The van der Waals surface area contributed by atoms with Crippen molar-refractivity contribution in [3.05, 3.63) is 53.1 Å². The van der Waals surface area contributed by atoms with Crippen molar-refractivity contribution in [1.29, 1.82) is 0 Å². The Morgan fingerprint density at radius 3 is 2.78 bits per heavy atom. The molecule has 0 spiro atoms. The van der Waals surface area contributed by atoms with Gasteiger partial charge in [-0.25, -0.2) is 23.4 Å². The van der Waals surface area contributed by atoms with E-state index in [-0.39, 0.29) is 10.9 Å². The summed E-state index contributed by atoms with van der Waals surface area (Å²) in [6.07, 6.45) is 5.29. The molecule has 8 nitrogen and oxygen atoms in total. The summed E-state index contributed by atoms with van der Waals surface area (Å²) < 4.78 is 28.4. The zero-order chi connectivity index (χ0) is 22.0. The van der Waals surface area contributed by atoms with Gasteiger partial charge in [-0.05, 0) is 49.7 Å². The van der Waals surface area contributed by atoms with Crippen LogP contribution in [0, 0.1) is 11.8 Å². The highest BCUT2D eigenvalue weighted by molar-refractivity contribution is 7.93. The first kappa shape index (κ1) is 20.8. The van der Waals surface area contributed by atoms with Gasteiger partial charge in [0, 0.05) is 17.3 Å². The van der Waals surface area contributed by atoms with Gasteiger partial charge >= 0.3 is 0 Å². The molecule has 4 aromatic rings. The van der Waals surface area contributed by atoms with Crippen LogP contribution in [0.1, 0.15) is 17.7 Å². The Kier molecular flexibility index (Phi) is 5.75. The van der Waals surface area contributed by atoms with Crippen LogP contribution in [0.2, 0.25) is 0 Å². The van der Waals surface area contributed by atoms with Crippen LogP contribution in [0.5, 0.6) is 0 Å². The maximum atomic E-state index is 12.5. The first-order chi connectivity index (χ1) is 15.6. The van der Waals surface area contributed by atoms with E-state index < -0.39 is 10.0 Å². The molecule has 11 heteroatoms. The van der Waals surface area contributed by atoms with Gasteiger partial charge in [0.15, 0.2) is 10.9 Å². The van der Waals surface area contributed by atoms with Crippen LogP contribution in [0.4, 0.5) is 16.6 Å². The van der Waals surface area contributed by atoms with Crippen molar-refractivity contribution in [3.63, 3.8) is 0 Å². The molecule has 0 radical (unpaired) electrons. The lowest BCUT2D eigenvalue weighted by Gasteiger charge is -2.08. The molecule has 0 aliphatic carbocycles. The number of rotatable bonds is 5. The zero-order valence-corrected chi connectivity index (χ0v) is 19.1. The molecule has 1 aliphatic heterocycles. The molecular formula is C21H18N6O2S3. The van der Waals surface area contributed by atoms with Gasteiger partial charge < -0.3 is 10.6 Å². The number of hydrogen-bond donors (Lipinski definition) is 3. The molecular weight excluding hydrogens is 464 g/mol. The molecule has 3 N–H and O–H groups in total. The van der Waals surface area contributed by atoms with Crippen LogP contribution in [0.15, 0.2) is 53.1 Å². The number of nitrogens with one attached hydrogen (secondary N) is 3. The molecule has 0 amide bonds. The van der Waals surface area contributed by atoms with E-state index in [9.17, 15) is 8.42 Å². The minimum absolute atomic E-state index is 0.153. The summed E-state index contributed by atoms with van der Waals surface area (Å²) in [5.41, 5.74) is 1.54. The summed E-state index contributed by atoms with van der Waals surface area (Å²) in [5.74, 6) is 7.18. The Morgan fingerprint density at radius 1 is 1.16 bits per heavy atom.